The number of hydrogen-bond donors (Lipinski definition) is 0. The molecule has 172 valence electrons. The standard InChI is InChI=1S/3CH4O5S3.2Bi/c3*2-8(3,4)1-9(5,6)7;;/h3*1H2,(H,2,3,4)(H,5,6,7);;/q;;;2*+3/p-6. The van der Waals surface area contributed by atoms with E-state index in [0.717, 1.165) is 0 Å². The summed E-state index contributed by atoms with van der Waals surface area (Å²) in [5, 5.41) is -4.51. The third-order valence-corrected chi connectivity index (χ3v) is 10.4. The summed E-state index contributed by atoms with van der Waals surface area (Å²) in [5.74, 6) is 0. The van der Waals surface area contributed by atoms with Crippen LogP contribution in [0.3, 0.4) is 0 Å². The van der Waals surface area contributed by atoms with Gasteiger partial charge in [-0.25, -0.2) is 25.3 Å². The zero-order valence-corrected chi connectivity index (χ0v) is 27.1. The fourth-order valence-electron chi connectivity index (χ4n) is 0.530. The topological polar surface area (TPSA) is 292 Å². The molecule has 15 nitrogen and oxygen atoms in total. The van der Waals surface area contributed by atoms with Gasteiger partial charge in [0.05, 0.1) is 0 Å². The molecule has 0 amide bonds. The molecule has 0 aromatic carbocycles. The summed E-state index contributed by atoms with van der Waals surface area (Å²) < 4.78 is 146. The minimum Gasteiger partial charge on any atom is -0.769 e. The van der Waals surface area contributed by atoms with Gasteiger partial charge in [-0.3, -0.25) is 12.6 Å². The summed E-state index contributed by atoms with van der Waals surface area (Å²) in [6, 6.07) is 0. The van der Waals surface area contributed by atoms with Crippen molar-refractivity contribution in [2.45, 2.75) is 0 Å². The molecule has 0 saturated carbocycles. The maximum absolute atomic E-state index is 9.88. The second-order valence-corrected chi connectivity index (χ2v) is 17.8. The van der Waals surface area contributed by atoms with Crippen LogP contribution in [0.1, 0.15) is 0 Å². The summed E-state index contributed by atoms with van der Waals surface area (Å²) in [4.78, 5) is 0. The quantitative estimate of drug-likeness (QED) is 0.177. The van der Waals surface area contributed by atoms with Gasteiger partial charge in [-0.1, -0.05) is 0 Å². The first kappa shape index (κ1) is 41.7. The average molecular weight is 989 g/mol. The molecule has 0 rings (SSSR count). The zero-order chi connectivity index (χ0) is 23.1. The predicted octanol–water partition coefficient (Wildman–Crippen LogP) is -5.66. The van der Waals surface area contributed by atoms with Gasteiger partial charge in [0.1, 0.15) is 45.6 Å². The third-order valence-electron chi connectivity index (χ3n) is 0.866. The Kier molecular flexibility index (Phi) is 22.2. The predicted molar refractivity (Wildman–Crippen MR) is 104 cm³/mol. The Morgan fingerprint density at radius 3 is 0.517 bits per heavy atom. The van der Waals surface area contributed by atoms with Crippen LogP contribution in [0.5, 0.6) is 0 Å². The molecule has 0 aliphatic heterocycles. The maximum Gasteiger partial charge on any atom is 3.00 e. The Morgan fingerprint density at radius 1 is 0.414 bits per heavy atom. The van der Waals surface area contributed by atoms with Crippen molar-refractivity contribution in [3.05, 3.63) is 0 Å². The van der Waals surface area contributed by atoms with Crippen LogP contribution in [0.4, 0.5) is 0 Å². The largest absolute Gasteiger partial charge is 3.00 e. The molecule has 29 heavy (non-hydrogen) atoms. The Morgan fingerprint density at radius 2 is 0.517 bits per heavy atom. The van der Waals surface area contributed by atoms with E-state index in [2.05, 4.69) is 33.6 Å². The van der Waals surface area contributed by atoms with E-state index in [1.165, 1.54) is 0 Å². The molecule has 26 heteroatoms. The molecule has 0 aromatic rings. The van der Waals surface area contributed by atoms with Crippen LogP contribution >= 0.6 is 0 Å². The van der Waals surface area contributed by atoms with Gasteiger partial charge in [-0.15, -0.1) is 0 Å². The zero-order valence-electron chi connectivity index (χ0n) is 12.8. The minimum absolute atomic E-state index is 0. The van der Waals surface area contributed by atoms with E-state index in [1.54, 1.807) is 0 Å². The smallest absolute Gasteiger partial charge is 0.769 e. The van der Waals surface area contributed by atoms with Crippen LogP contribution in [0, 0.1) is 0 Å². The molecule has 0 aliphatic rings. The molecule has 0 aromatic heterocycles. The van der Waals surface area contributed by atoms with E-state index in [1.807, 2.05) is 0 Å². The summed E-state index contributed by atoms with van der Waals surface area (Å²) in [6.07, 6.45) is 0. The molecule has 0 N–H and O–H groups in total. The van der Waals surface area contributed by atoms with Crippen LogP contribution in [-0.2, 0) is 90.2 Å². The summed E-state index contributed by atoms with van der Waals surface area (Å²) in [6.45, 7) is 0. The SMILES string of the molecule is O=S(=O)([O-])CS(=O)([O-])=S.O=S(=O)([O-])CS(=O)([O-])=S.O=S(=O)([O-])CS(=O)([O-])=S.[Bi+3].[Bi+3]. The van der Waals surface area contributed by atoms with Crippen LogP contribution in [0.25, 0.3) is 0 Å². The Balaban J connectivity index is -0.0000000960. The van der Waals surface area contributed by atoms with Crippen LogP contribution < -0.4 is 0 Å². The van der Waals surface area contributed by atoms with Crippen molar-refractivity contribution in [1.82, 2.24) is 0 Å². The van der Waals surface area contributed by atoms with E-state index < -0.39 is 71.9 Å². The fourth-order valence-corrected chi connectivity index (χ4v) is 7.95. The van der Waals surface area contributed by atoms with Crippen LogP contribution in [0.2, 0.25) is 0 Å². The van der Waals surface area contributed by atoms with Crippen molar-refractivity contribution in [2.24, 2.45) is 0 Å². The van der Waals surface area contributed by atoms with Gasteiger partial charge in [0.15, 0.2) is 0 Å². The monoisotopic (exact) mass is 988 g/mol. The van der Waals surface area contributed by atoms with E-state index in [4.69, 9.17) is 0 Å². The molecule has 0 saturated heterocycles. The number of rotatable bonds is 6. The van der Waals surface area contributed by atoms with Crippen LogP contribution in [0.15, 0.2) is 0 Å². The first-order chi connectivity index (χ1) is 11.1. The van der Waals surface area contributed by atoms with Gasteiger partial charge in [0.2, 0.25) is 0 Å². The molecule has 3 unspecified atom stereocenters. The first-order valence-corrected chi connectivity index (χ1v) is 17.2. The van der Waals surface area contributed by atoms with Gasteiger partial charge in [-0.05, 0) is 59.9 Å². The molecular weight excluding hydrogens is 983 g/mol. The van der Waals surface area contributed by atoms with Crippen molar-refractivity contribution in [3.63, 3.8) is 0 Å². The van der Waals surface area contributed by atoms with Crippen molar-refractivity contribution in [3.8, 4) is 0 Å². The van der Waals surface area contributed by atoms with Crippen molar-refractivity contribution in [2.75, 3.05) is 15.3 Å². The molecule has 0 aliphatic carbocycles. The van der Waals surface area contributed by atoms with E-state index >= 15 is 0 Å². The minimum atomic E-state index is -4.72. The number of hydrogen-bond acceptors (Lipinski definition) is 18. The molecule has 4 radical (unpaired) electrons. The van der Waals surface area contributed by atoms with E-state index in [0.29, 0.717) is 0 Å². The van der Waals surface area contributed by atoms with Crippen molar-refractivity contribution < 1.29 is 65.2 Å². The molecule has 0 heterocycles. The summed E-state index contributed by atoms with van der Waals surface area (Å²) >= 11 is 10.9. The van der Waals surface area contributed by atoms with Crippen molar-refractivity contribution >= 4 is 143 Å². The summed E-state index contributed by atoms with van der Waals surface area (Å²) in [5.41, 5.74) is 0. The van der Waals surface area contributed by atoms with Gasteiger partial charge in [-0.2, -0.15) is 0 Å². The fraction of sp³-hybridized carbons (Fsp3) is 1.00. The second kappa shape index (κ2) is 15.4. The normalized spacial score (nSPS) is 17.6. The average Bonchev–Trinajstić information content (AvgIpc) is 1.96. The second-order valence-electron chi connectivity index (χ2n) is 3.70. The third kappa shape index (κ3) is 58.9. The summed E-state index contributed by atoms with van der Waals surface area (Å²) in [7, 11) is -26.5. The molecule has 0 bridgehead atoms. The van der Waals surface area contributed by atoms with Gasteiger partial charge in [0.25, 0.3) is 0 Å². The van der Waals surface area contributed by atoms with E-state index in [9.17, 15) is 65.2 Å². The van der Waals surface area contributed by atoms with Gasteiger partial charge < -0.3 is 27.3 Å². The first-order valence-electron chi connectivity index (χ1n) is 4.73. The Labute approximate surface area is 220 Å². The molecule has 3 atom stereocenters. The van der Waals surface area contributed by atoms with Crippen molar-refractivity contribution in [1.29, 1.82) is 0 Å². The maximum atomic E-state index is 9.88. The van der Waals surface area contributed by atoms with Gasteiger partial charge >= 0.3 is 52.4 Å². The van der Waals surface area contributed by atoms with Crippen LogP contribution in [-0.4, -0.2) is 133 Å². The molecule has 0 fully saturated rings. The Bertz CT molecular complexity index is 870. The molecular formula is C3H6Bi2O15S9. The Hall–Kier alpha value is 2.49. The van der Waals surface area contributed by atoms with E-state index in [-0.39, 0.29) is 52.4 Å². The molecule has 0 spiro atoms. The van der Waals surface area contributed by atoms with Gasteiger partial charge in [0, 0.05) is 0 Å².